The Morgan fingerprint density at radius 1 is 1.08 bits per heavy atom. The van der Waals surface area contributed by atoms with E-state index in [0.29, 0.717) is 55.4 Å². The zero-order valence-electron chi connectivity index (χ0n) is 34.6. The maximum atomic E-state index is 17.3. The first kappa shape index (κ1) is 49.2. The van der Waals surface area contributed by atoms with Gasteiger partial charge in [0.2, 0.25) is 0 Å². The zero-order chi connectivity index (χ0) is 41.6. The number of amides is 1. The smallest absolute Gasteiger partial charge is 0.429 e. The molecule has 1 saturated heterocycles. The minimum Gasteiger partial charge on any atom is -0.813 e. The van der Waals surface area contributed by atoms with Gasteiger partial charge in [-0.1, -0.05) is 19.8 Å². The summed E-state index contributed by atoms with van der Waals surface area (Å²) in [7, 11) is 1.47. The number of likely N-dealkylation sites (tertiary alicyclic amines) is 1. The van der Waals surface area contributed by atoms with Gasteiger partial charge in [-0.2, -0.15) is 18.7 Å². The van der Waals surface area contributed by atoms with E-state index in [1.165, 1.54) is 24.4 Å². The number of hydrogen-bond donors (Lipinski definition) is 1. The molecule has 6 rings (SSSR count). The van der Waals surface area contributed by atoms with Gasteiger partial charge in [0.15, 0.2) is 0 Å². The topological polar surface area (TPSA) is 111 Å². The van der Waals surface area contributed by atoms with E-state index in [4.69, 9.17) is 18.9 Å². The van der Waals surface area contributed by atoms with Gasteiger partial charge in [0, 0.05) is 31.6 Å². The first-order chi connectivity index (χ1) is 27.7. The number of methoxy groups -OCH3 is 1. The number of piperidine rings is 1. The molecular weight excluding hydrogens is 1010 g/mol. The van der Waals surface area contributed by atoms with Crippen LogP contribution in [0.3, 0.4) is 0 Å². The van der Waals surface area contributed by atoms with Crippen LogP contribution >= 0.6 is 9.90 Å². The number of rotatable bonds is 15. The van der Waals surface area contributed by atoms with Crippen LogP contribution in [0.4, 0.5) is 28.2 Å². The first-order valence-electron chi connectivity index (χ1n) is 19.4. The number of hydrogen-bond acceptors (Lipinski definition) is 11. The number of hydrazine groups is 1. The second-order valence-electron chi connectivity index (χ2n) is 15.7. The Morgan fingerprint density at radius 3 is 2.45 bits per heavy atom. The van der Waals surface area contributed by atoms with Crippen LogP contribution < -0.4 is 14.9 Å². The molecule has 2 aromatic heterocycles. The third kappa shape index (κ3) is 12.1. The number of thiol groups is 1. The molecule has 1 N–H and O–H groups in total. The minimum absolute atomic E-state index is 0. The number of fused-ring (bicyclic) bond motifs is 2. The standard InChI is InChI=1S/C42H47F4N6O5.H3P.H2S.Tl/c1-7-9-10-17-52(40(53)57-41(3,4)5)50-38-31-22-47-35(30-21-28(56-25-54-6)20-27-11-12-32(43)29(8-2)33(27)30)34(44)36(31)48-39(49-38)55-24-42(15-16-42)23-51-18-13-26(14-19-51)37(45)46;;;/h11-12,20-22H,7,9-10,13-19,23-25H2,1,3-6H3,(H,48,49,50);1H3;1H2;/p-1. The van der Waals surface area contributed by atoms with Crippen molar-refractivity contribution in [3.8, 4) is 32.4 Å². The molecule has 1 saturated carbocycles. The number of nitrogens with zero attached hydrogens (tertiary/aromatic N) is 5. The van der Waals surface area contributed by atoms with Crippen LogP contribution in [0.15, 0.2) is 42.1 Å². The molecule has 1 aliphatic heterocycles. The second kappa shape index (κ2) is 21.5. The normalized spacial score (nSPS) is 14.6. The fourth-order valence-corrected chi connectivity index (χ4v) is 7.48. The number of halogens is 4. The van der Waals surface area contributed by atoms with E-state index >= 15 is 8.78 Å². The molecule has 1 aliphatic carbocycles. The van der Waals surface area contributed by atoms with E-state index < -0.39 is 29.4 Å². The molecule has 0 radical (unpaired) electrons. The summed E-state index contributed by atoms with van der Waals surface area (Å²) in [6, 6.07) is 5.99. The summed E-state index contributed by atoms with van der Waals surface area (Å²) in [6.07, 6.45) is 3.90. The predicted octanol–water partition coefficient (Wildman–Crippen LogP) is 8.53. The van der Waals surface area contributed by atoms with Crippen molar-refractivity contribution >= 4 is 82.7 Å². The van der Waals surface area contributed by atoms with Crippen LogP contribution in [0.5, 0.6) is 11.8 Å². The summed E-state index contributed by atoms with van der Waals surface area (Å²) >= 11 is 0.261. The molecular formula is C42H51F4N6O5PSTl-. The van der Waals surface area contributed by atoms with E-state index in [1.54, 1.807) is 39.0 Å². The Bertz CT molecular complexity index is 2260. The second-order valence-corrected chi connectivity index (χ2v) is 16.9. The Labute approximate surface area is 374 Å². The number of ether oxygens (including phenoxy) is 4. The number of benzene rings is 2. The number of carbonyl (C=O) groups is 1. The number of nitrogens with one attached hydrogen (secondary N) is 1. The summed E-state index contributed by atoms with van der Waals surface area (Å²) in [6.45, 7) is 9.41. The SMILES string of the molecule is CCCCCN(Nc1nc(OCC2(CN3CCC(=C(F)F)CC3)CC2)nc2c(F)c(-c3cc(OCOC)cc4ccc(F)c(C#[C][Tl])c34)ncc12)C(=O)OC(C)(C)C.P.[SH-]. The molecule has 2 fully saturated rings. The van der Waals surface area contributed by atoms with Gasteiger partial charge in [-0.15, -0.1) is 0 Å². The van der Waals surface area contributed by atoms with Gasteiger partial charge in [0.05, 0.1) is 0 Å². The Morgan fingerprint density at radius 2 is 1.82 bits per heavy atom. The van der Waals surface area contributed by atoms with E-state index in [2.05, 4.69) is 34.7 Å². The average Bonchev–Trinajstić information content (AvgIpc) is 3.95. The number of unbranched alkanes of at least 4 members (excludes halogenated alkanes) is 2. The molecule has 2 aromatic carbocycles. The van der Waals surface area contributed by atoms with Crippen molar-refractivity contribution in [2.24, 2.45) is 5.41 Å². The van der Waals surface area contributed by atoms with Crippen LogP contribution in [-0.2, 0) is 23.0 Å². The molecule has 1 amide bonds. The third-order valence-corrected chi connectivity index (χ3v) is 10.7. The first-order valence-corrected chi connectivity index (χ1v) is 21.6. The van der Waals surface area contributed by atoms with Gasteiger partial charge in [-0.25, -0.2) is 4.79 Å². The van der Waals surface area contributed by atoms with Crippen molar-refractivity contribution in [3.05, 3.63) is 59.3 Å². The Hall–Kier alpha value is -3.50. The van der Waals surface area contributed by atoms with Gasteiger partial charge in [0.1, 0.15) is 5.60 Å². The largest absolute Gasteiger partial charge is 0.813 e. The molecule has 0 bridgehead atoms. The van der Waals surface area contributed by atoms with Crippen molar-refractivity contribution in [1.29, 1.82) is 0 Å². The van der Waals surface area contributed by atoms with Gasteiger partial charge in [-0.05, 0) is 58.4 Å². The molecule has 18 heteroatoms. The van der Waals surface area contributed by atoms with E-state index in [9.17, 15) is 13.6 Å². The maximum absolute atomic E-state index is 17.3. The van der Waals surface area contributed by atoms with Gasteiger partial charge >= 0.3 is 208 Å². The van der Waals surface area contributed by atoms with Crippen molar-refractivity contribution in [2.45, 2.75) is 78.2 Å². The summed E-state index contributed by atoms with van der Waals surface area (Å²) in [5.74, 6) is 1.89. The van der Waals surface area contributed by atoms with Gasteiger partial charge < -0.3 is 23.1 Å². The minimum atomic E-state index is -1.59. The van der Waals surface area contributed by atoms with Crippen molar-refractivity contribution in [1.82, 2.24) is 24.9 Å². The fraction of sp³-hybridized carbons (Fsp3) is 0.476. The summed E-state index contributed by atoms with van der Waals surface area (Å²) < 4.78 is 84.9. The number of carbonyl (C=O) groups excluding carboxylic acids is 1. The van der Waals surface area contributed by atoms with Crippen LogP contribution in [0.25, 0.3) is 32.9 Å². The molecule has 1 unspecified atom stereocenters. The van der Waals surface area contributed by atoms with E-state index in [0.717, 1.165) is 25.7 Å². The Balaban J connectivity index is 0.00000397. The molecule has 322 valence electrons. The fourth-order valence-electron chi connectivity index (χ4n) is 6.92. The summed E-state index contributed by atoms with van der Waals surface area (Å²) in [4.78, 5) is 29.5. The molecule has 60 heavy (non-hydrogen) atoms. The van der Waals surface area contributed by atoms with Crippen LogP contribution in [0.2, 0.25) is 0 Å². The monoisotopic (exact) mass is 1060 g/mol. The number of aromatic nitrogens is 3. The van der Waals surface area contributed by atoms with Crippen LogP contribution in [0.1, 0.15) is 78.2 Å². The zero-order valence-corrected chi connectivity index (χ0v) is 41.4. The van der Waals surface area contributed by atoms with Crippen molar-refractivity contribution in [2.75, 3.05) is 52.1 Å². The van der Waals surface area contributed by atoms with Crippen molar-refractivity contribution in [3.63, 3.8) is 0 Å². The van der Waals surface area contributed by atoms with Crippen molar-refractivity contribution < 1.29 is 41.3 Å². The molecule has 4 aromatic rings. The quantitative estimate of drug-likeness (QED) is 0.0142. The maximum Gasteiger partial charge on any atom is 0.429 e. The van der Waals surface area contributed by atoms with E-state index in [1.807, 2.05) is 6.92 Å². The molecule has 2 aliphatic rings. The number of anilines is 1. The third-order valence-electron chi connectivity index (χ3n) is 10.1. The van der Waals surface area contributed by atoms with Gasteiger partial charge in [-0.3, -0.25) is 0 Å². The summed E-state index contributed by atoms with van der Waals surface area (Å²) in [5.41, 5.74) is 2.24. The van der Waals surface area contributed by atoms with Gasteiger partial charge in [0.25, 0.3) is 6.08 Å². The molecule has 11 nitrogen and oxygen atoms in total. The molecule has 1 atom stereocenters. The Kier molecular flexibility index (Phi) is 17.6. The number of pyridine rings is 1. The summed E-state index contributed by atoms with van der Waals surface area (Å²) in [5, 5.41) is 2.35. The van der Waals surface area contributed by atoms with Crippen LogP contribution in [0, 0.1) is 26.4 Å². The van der Waals surface area contributed by atoms with E-state index in [-0.39, 0.29) is 120 Å². The van der Waals surface area contributed by atoms with Crippen LogP contribution in [-0.4, -0.2) is 109 Å². The predicted molar refractivity (Wildman–Crippen MR) is 233 cm³/mol. The molecule has 0 spiro atoms. The average molecular weight is 1060 g/mol. The molecule has 3 heterocycles.